The molecule has 0 spiro atoms. The summed E-state index contributed by atoms with van der Waals surface area (Å²) in [4.78, 5) is 12.3. The molecular weight excluding hydrogens is 344 g/mol. The van der Waals surface area contributed by atoms with Crippen LogP contribution in [-0.2, 0) is 21.4 Å². The Bertz CT molecular complexity index is 801. The van der Waals surface area contributed by atoms with Crippen molar-refractivity contribution in [3.05, 3.63) is 54.1 Å². The molecule has 24 heavy (non-hydrogen) atoms. The van der Waals surface area contributed by atoms with E-state index >= 15 is 0 Å². The normalized spacial score (nSPS) is 11.5. The molecule has 2 aromatic rings. The number of benzene rings is 2. The van der Waals surface area contributed by atoms with E-state index in [0.717, 1.165) is 10.5 Å². The zero-order chi connectivity index (χ0) is 17.7. The highest BCUT2D eigenvalue weighted by Gasteiger charge is 2.20. The number of hydrogen-bond donors (Lipinski definition) is 1. The first-order valence-electron chi connectivity index (χ1n) is 7.30. The number of nitrogens with zero attached hydrogens (tertiary/aromatic N) is 1. The van der Waals surface area contributed by atoms with Gasteiger partial charge >= 0.3 is 0 Å². The largest absolute Gasteiger partial charge is 0.326 e. The van der Waals surface area contributed by atoms with E-state index in [0.29, 0.717) is 12.2 Å². The van der Waals surface area contributed by atoms with Crippen molar-refractivity contribution in [1.29, 1.82) is 0 Å². The van der Waals surface area contributed by atoms with Gasteiger partial charge in [0.05, 0.1) is 4.90 Å². The summed E-state index contributed by atoms with van der Waals surface area (Å²) in [7, 11) is -2.03. The van der Waals surface area contributed by atoms with E-state index in [2.05, 4.69) is 5.32 Å². The average Bonchev–Trinajstić information content (AvgIpc) is 2.55. The minimum absolute atomic E-state index is 0.194. The monoisotopic (exact) mass is 364 g/mol. The van der Waals surface area contributed by atoms with E-state index in [1.54, 1.807) is 30.9 Å². The summed E-state index contributed by atoms with van der Waals surface area (Å²) < 4.78 is 26.6. The van der Waals surface area contributed by atoms with Crippen LogP contribution in [-0.4, -0.2) is 31.9 Å². The molecule has 0 atom stereocenters. The van der Waals surface area contributed by atoms with E-state index < -0.39 is 10.0 Å². The van der Waals surface area contributed by atoms with Gasteiger partial charge in [-0.1, -0.05) is 12.1 Å². The lowest BCUT2D eigenvalue weighted by Crippen LogP contribution is -2.26. The first-order chi connectivity index (χ1) is 11.3. The molecule has 0 radical (unpaired) electrons. The van der Waals surface area contributed by atoms with Crippen molar-refractivity contribution in [2.45, 2.75) is 23.3 Å². The number of amides is 1. The molecular formula is C17H20N2O3S2. The molecule has 0 aromatic heterocycles. The lowest BCUT2D eigenvalue weighted by atomic mass is 10.2. The fourth-order valence-corrected chi connectivity index (χ4v) is 3.73. The standard InChI is InChI=1S/C17H20N2O3S2/c1-13(20)18-15-6-10-17(11-7-15)24(21,22)19(2)12-14-4-8-16(23-3)9-5-14/h4-11H,12H2,1-3H3,(H,18,20). The molecule has 128 valence electrons. The number of thioether (sulfide) groups is 1. The van der Waals surface area contributed by atoms with Crippen molar-refractivity contribution >= 4 is 33.4 Å². The van der Waals surface area contributed by atoms with Gasteiger partial charge in [-0.05, 0) is 48.2 Å². The molecule has 1 N–H and O–H groups in total. The second kappa shape index (κ2) is 7.83. The summed E-state index contributed by atoms with van der Waals surface area (Å²) >= 11 is 1.64. The van der Waals surface area contributed by atoms with Gasteiger partial charge in [-0.3, -0.25) is 4.79 Å². The number of nitrogens with one attached hydrogen (secondary N) is 1. The van der Waals surface area contributed by atoms with Gasteiger partial charge in [0.1, 0.15) is 0 Å². The molecule has 5 nitrogen and oxygen atoms in total. The first-order valence-corrected chi connectivity index (χ1v) is 9.96. The third kappa shape index (κ3) is 4.59. The van der Waals surface area contributed by atoms with E-state index in [9.17, 15) is 13.2 Å². The van der Waals surface area contributed by atoms with Crippen LogP contribution in [0.1, 0.15) is 12.5 Å². The van der Waals surface area contributed by atoms with Crippen LogP contribution in [0, 0.1) is 0 Å². The Kier molecular flexibility index (Phi) is 6.04. The SMILES string of the molecule is CSc1ccc(CN(C)S(=O)(=O)c2ccc(NC(C)=O)cc2)cc1. The number of rotatable bonds is 6. The maximum atomic E-state index is 12.6. The number of sulfonamides is 1. The maximum Gasteiger partial charge on any atom is 0.243 e. The highest BCUT2D eigenvalue weighted by Crippen LogP contribution is 2.20. The van der Waals surface area contributed by atoms with Gasteiger partial charge in [-0.2, -0.15) is 4.31 Å². The Hall–Kier alpha value is -1.83. The Balaban J connectivity index is 2.14. The summed E-state index contributed by atoms with van der Waals surface area (Å²) in [6.07, 6.45) is 2.00. The third-order valence-electron chi connectivity index (χ3n) is 3.45. The van der Waals surface area contributed by atoms with Crippen LogP contribution in [0.2, 0.25) is 0 Å². The molecule has 0 aliphatic rings. The number of carbonyl (C=O) groups excluding carboxylic acids is 1. The van der Waals surface area contributed by atoms with Gasteiger partial charge in [0.2, 0.25) is 15.9 Å². The number of carbonyl (C=O) groups is 1. The van der Waals surface area contributed by atoms with E-state index in [4.69, 9.17) is 0 Å². The number of anilines is 1. The van der Waals surface area contributed by atoms with Crippen LogP contribution < -0.4 is 5.32 Å². The van der Waals surface area contributed by atoms with Crippen molar-refractivity contribution in [1.82, 2.24) is 4.31 Å². The second-order valence-electron chi connectivity index (χ2n) is 5.31. The second-order valence-corrected chi connectivity index (χ2v) is 8.24. The summed E-state index contributed by atoms with van der Waals surface area (Å²) in [6, 6.07) is 14.0. The maximum absolute atomic E-state index is 12.6. The van der Waals surface area contributed by atoms with Crippen molar-refractivity contribution in [2.75, 3.05) is 18.6 Å². The molecule has 0 fully saturated rings. The first kappa shape index (κ1) is 18.5. The fourth-order valence-electron chi connectivity index (χ4n) is 2.17. The molecule has 0 saturated heterocycles. The van der Waals surface area contributed by atoms with Crippen LogP contribution >= 0.6 is 11.8 Å². The van der Waals surface area contributed by atoms with Crippen LogP contribution in [0.5, 0.6) is 0 Å². The van der Waals surface area contributed by atoms with E-state index in [-0.39, 0.29) is 10.8 Å². The summed E-state index contributed by atoms with van der Waals surface area (Å²) in [5, 5.41) is 2.61. The van der Waals surface area contributed by atoms with Crippen LogP contribution in [0.4, 0.5) is 5.69 Å². The van der Waals surface area contributed by atoms with Crippen molar-refractivity contribution in [3.63, 3.8) is 0 Å². The van der Waals surface area contributed by atoms with E-state index in [1.165, 1.54) is 23.4 Å². The summed E-state index contributed by atoms with van der Waals surface area (Å²) in [5.74, 6) is -0.198. The molecule has 0 aliphatic carbocycles. The predicted molar refractivity (Wildman–Crippen MR) is 97.6 cm³/mol. The third-order valence-corrected chi connectivity index (χ3v) is 6.01. The van der Waals surface area contributed by atoms with Crippen LogP contribution in [0.15, 0.2) is 58.3 Å². The van der Waals surface area contributed by atoms with Crippen LogP contribution in [0.25, 0.3) is 0 Å². The summed E-state index contributed by atoms with van der Waals surface area (Å²) in [6.45, 7) is 1.70. The molecule has 7 heteroatoms. The van der Waals surface area contributed by atoms with Gasteiger partial charge in [0.15, 0.2) is 0 Å². The van der Waals surface area contributed by atoms with Gasteiger partial charge in [-0.25, -0.2) is 8.42 Å². The van der Waals surface area contributed by atoms with E-state index in [1.807, 2.05) is 30.5 Å². The lowest BCUT2D eigenvalue weighted by molar-refractivity contribution is -0.114. The predicted octanol–water partition coefficient (Wildman–Crippen LogP) is 3.19. The van der Waals surface area contributed by atoms with Crippen molar-refractivity contribution < 1.29 is 13.2 Å². The zero-order valence-corrected chi connectivity index (χ0v) is 15.4. The van der Waals surface area contributed by atoms with Crippen LogP contribution in [0.3, 0.4) is 0 Å². The lowest BCUT2D eigenvalue weighted by Gasteiger charge is -2.17. The minimum atomic E-state index is -3.58. The number of hydrogen-bond acceptors (Lipinski definition) is 4. The highest BCUT2D eigenvalue weighted by molar-refractivity contribution is 7.98. The highest BCUT2D eigenvalue weighted by atomic mass is 32.2. The Labute approximate surface area is 147 Å². The van der Waals surface area contributed by atoms with Gasteiger partial charge in [0.25, 0.3) is 0 Å². The smallest absolute Gasteiger partial charge is 0.243 e. The molecule has 2 rings (SSSR count). The van der Waals surface area contributed by atoms with Gasteiger partial charge < -0.3 is 5.32 Å². The Morgan fingerprint density at radius 1 is 1.08 bits per heavy atom. The Morgan fingerprint density at radius 3 is 2.17 bits per heavy atom. The topological polar surface area (TPSA) is 66.5 Å². The minimum Gasteiger partial charge on any atom is -0.326 e. The van der Waals surface area contributed by atoms with Gasteiger partial charge in [0, 0.05) is 31.1 Å². The molecule has 0 unspecified atom stereocenters. The van der Waals surface area contributed by atoms with Gasteiger partial charge in [-0.15, -0.1) is 11.8 Å². The molecule has 0 aliphatic heterocycles. The summed E-state index contributed by atoms with van der Waals surface area (Å²) in [5.41, 5.74) is 1.49. The molecule has 0 heterocycles. The average molecular weight is 364 g/mol. The molecule has 0 bridgehead atoms. The fraction of sp³-hybridized carbons (Fsp3) is 0.235. The molecule has 0 saturated carbocycles. The quantitative estimate of drug-likeness (QED) is 0.800. The molecule has 1 amide bonds. The Morgan fingerprint density at radius 2 is 1.67 bits per heavy atom. The van der Waals surface area contributed by atoms with Crippen molar-refractivity contribution in [2.24, 2.45) is 0 Å². The zero-order valence-electron chi connectivity index (χ0n) is 13.8. The van der Waals surface area contributed by atoms with Crippen molar-refractivity contribution in [3.8, 4) is 0 Å². The molecule has 2 aromatic carbocycles.